The predicted molar refractivity (Wildman–Crippen MR) is 107 cm³/mol. The Morgan fingerprint density at radius 1 is 1.26 bits per heavy atom. The molecule has 1 aromatic heterocycles. The van der Waals surface area contributed by atoms with Crippen LogP contribution in [-0.4, -0.2) is 51.8 Å². The topological polar surface area (TPSA) is 63.1 Å². The van der Waals surface area contributed by atoms with Crippen molar-refractivity contribution in [3.8, 4) is 5.69 Å². The maximum atomic E-state index is 12.5. The van der Waals surface area contributed by atoms with Gasteiger partial charge in [0.2, 0.25) is 5.82 Å². The van der Waals surface area contributed by atoms with Gasteiger partial charge in [-0.2, -0.15) is 0 Å². The van der Waals surface area contributed by atoms with E-state index in [-0.39, 0.29) is 11.7 Å². The van der Waals surface area contributed by atoms with Crippen LogP contribution in [0.2, 0.25) is 0 Å². The predicted octanol–water partition coefficient (Wildman–Crippen LogP) is 3.16. The van der Waals surface area contributed by atoms with Crippen molar-refractivity contribution in [2.45, 2.75) is 46.5 Å². The second-order valence-corrected chi connectivity index (χ2v) is 7.89. The van der Waals surface area contributed by atoms with Crippen LogP contribution in [0.15, 0.2) is 24.3 Å². The van der Waals surface area contributed by atoms with Gasteiger partial charge in [0.15, 0.2) is 0 Å². The molecule has 1 saturated heterocycles. The van der Waals surface area contributed by atoms with E-state index in [0.29, 0.717) is 12.5 Å². The molecule has 1 aliphatic rings. The summed E-state index contributed by atoms with van der Waals surface area (Å²) in [5.41, 5.74) is 2.18. The summed E-state index contributed by atoms with van der Waals surface area (Å²) in [6.07, 6.45) is 2.49. The number of hydrogen-bond donors (Lipinski definition) is 1. The van der Waals surface area contributed by atoms with Gasteiger partial charge in [0.1, 0.15) is 5.82 Å². The Morgan fingerprint density at radius 2 is 1.96 bits per heavy atom. The zero-order valence-corrected chi connectivity index (χ0v) is 16.9. The molecule has 27 heavy (non-hydrogen) atoms. The number of benzene rings is 1. The Labute approximate surface area is 162 Å². The minimum absolute atomic E-state index is 0.204. The summed E-state index contributed by atoms with van der Waals surface area (Å²) in [4.78, 5) is 19.3. The van der Waals surface area contributed by atoms with Crippen LogP contribution >= 0.6 is 0 Å². The summed E-state index contributed by atoms with van der Waals surface area (Å²) in [5, 5.41) is 7.45. The van der Waals surface area contributed by atoms with Gasteiger partial charge >= 0.3 is 0 Å². The number of nitrogens with one attached hydrogen (secondary N) is 1. The number of aryl methyl sites for hydroxylation is 1. The fourth-order valence-corrected chi connectivity index (χ4v) is 3.58. The third-order valence-electron chi connectivity index (χ3n) is 5.35. The largest absolute Gasteiger partial charge is 0.348 e. The Morgan fingerprint density at radius 3 is 2.67 bits per heavy atom. The number of likely N-dealkylation sites (tertiary alicyclic amines) is 1. The van der Waals surface area contributed by atoms with Crippen LogP contribution < -0.4 is 5.32 Å². The highest BCUT2D eigenvalue weighted by Gasteiger charge is 2.19. The molecule has 0 bridgehead atoms. The molecule has 2 heterocycles. The minimum atomic E-state index is -0.204. The highest BCUT2D eigenvalue weighted by Crippen LogP contribution is 2.23. The summed E-state index contributed by atoms with van der Waals surface area (Å²) >= 11 is 0. The van der Waals surface area contributed by atoms with Crippen LogP contribution in [0.3, 0.4) is 0 Å². The fraction of sp³-hybridized carbons (Fsp3) is 0.571. The highest BCUT2D eigenvalue weighted by molar-refractivity contribution is 5.90. The number of para-hydroxylation sites is 1. The van der Waals surface area contributed by atoms with Crippen molar-refractivity contribution in [3.63, 3.8) is 0 Å². The van der Waals surface area contributed by atoms with Crippen molar-refractivity contribution >= 4 is 5.91 Å². The smallest absolute Gasteiger partial charge is 0.291 e. The van der Waals surface area contributed by atoms with Gasteiger partial charge in [0.05, 0.1) is 5.69 Å². The quantitative estimate of drug-likeness (QED) is 0.850. The Balaban J connectivity index is 1.63. The monoisotopic (exact) mass is 369 g/mol. The normalized spacial score (nSPS) is 16.0. The van der Waals surface area contributed by atoms with E-state index in [2.05, 4.69) is 47.1 Å². The van der Waals surface area contributed by atoms with Gasteiger partial charge in [-0.25, -0.2) is 9.67 Å². The summed E-state index contributed by atoms with van der Waals surface area (Å²) in [7, 11) is 0. The van der Waals surface area contributed by atoms with Crippen LogP contribution in [0.4, 0.5) is 0 Å². The van der Waals surface area contributed by atoms with Gasteiger partial charge in [0.25, 0.3) is 5.91 Å². The first kappa shape index (κ1) is 19.5. The highest BCUT2D eigenvalue weighted by atomic mass is 16.2. The van der Waals surface area contributed by atoms with E-state index in [0.717, 1.165) is 37.1 Å². The van der Waals surface area contributed by atoms with Crippen molar-refractivity contribution in [2.24, 2.45) is 5.92 Å². The lowest BCUT2D eigenvalue weighted by Crippen LogP contribution is -2.39. The molecule has 6 heteroatoms. The number of carbonyl (C=O) groups excluding carboxylic acids is 1. The summed E-state index contributed by atoms with van der Waals surface area (Å²) in [6.45, 7) is 12.2. The standard InChI is InChI=1S/C21H31N5O/c1-15(2)18-7-5-6-8-19(18)26-17(4)23-20(24-26)21(27)22-11-14-25-12-9-16(3)10-13-25/h5-8,15-16H,9-14H2,1-4H3,(H,22,27). The van der Waals surface area contributed by atoms with Crippen LogP contribution in [0.25, 0.3) is 5.69 Å². The van der Waals surface area contributed by atoms with Gasteiger partial charge in [-0.15, -0.1) is 5.10 Å². The summed E-state index contributed by atoms with van der Waals surface area (Å²) in [6, 6.07) is 8.14. The molecule has 1 fully saturated rings. The second-order valence-electron chi connectivity index (χ2n) is 7.89. The average molecular weight is 370 g/mol. The first-order chi connectivity index (χ1) is 13.0. The molecular weight excluding hydrogens is 338 g/mol. The first-order valence-corrected chi connectivity index (χ1v) is 9.99. The Kier molecular flexibility index (Phi) is 6.26. The van der Waals surface area contributed by atoms with Crippen molar-refractivity contribution < 1.29 is 4.79 Å². The number of piperidine rings is 1. The zero-order valence-electron chi connectivity index (χ0n) is 16.9. The summed E-state index contributed by atoms with van der Waals surface area (Å²) in [5.74, 6) is 1.94. The van der Waals surface area contributed by atoms with Crippen LogP contribution in [0, 0.1) is 12.8 Å². The second kappa shape index (κ2) is 8.65. The van der Waals surface area contributed by atoms with Crippen LogP contribution in [0.5, 0.6) is 0 Å². The van der Waals surface area contributed by atoms with Crippen LogP contribution in [-0.2, 0) is 0 Å². The van der Waals surface area contributed by atoms with E-state index in [4.69, 9.17) is 0 Å². The molecule has 0 atom stereocenters. The number of aromatic nitrogens is 3. The molecule has 6 nitrogen and oxygen atoms in total. The van der Waals surface area contributed by atoms with Crippen molar-refractivity contribution in [3.05, 3.63) is 41.5 Å². The molecule has 146 valence electrons. The molecule has 2 aromatic rings. The molecule has 1 amide bonds. The molecule has 1 aliphatic heterocycles. The number of carbonyl (C=O) groups is 1. The Hall–Kier alpha value is -2.21. The number of nitrogens with zero attached hydrogens (tertiary/aromatic N) is 4. The SMILES string of the molecule is Cc1nc(C(=O)NCCN2CCC(C)CC2)nn1-c1ccccc1C(C)C. The molecule has 1 aromatic carbocycles. The van der Waals surface area contributed by atoms with Crippen molar-refractivity contribution in [1.82, 2.24) is 25.0 Å². The number of hydrogen-bond acceptors (Lipinski definition) is 4. The van der Waals surface area contributed by atoms with Gasteiger partial charge in [-0.1, -0.05) is 39.0 Å². The van der Waals surface area contributed by atoms with Crippen molar-refractivity contribution in [1.29, 1.82) is 0 Å². The van der Waals surface area contributed by atoms with E-state index >= 15 is 0 Å². The molecule has 0 spiro atoms. The molecule has 1 N–H and O–H groups in total. The lowest BCUT2D eigenvalue weighted by atomic mass is 9.99. The zero-order chi connectivity index (χ0) is 19.4. The van der Waals surface area contributed by atoms with E-state index in [1.165, 1.54) is 18.4 Å². The lowest BCUT2D eigenvalue weighted by molar-refractivity contribution is 0.0934. The third-order valence-corrected chi connectivity index (χ3v) is 5.35. The molecule has 0 radical (unpaired) electrons. The summed E-state index contributed by atoms with van der Waals surface area (Å²) < 4.78 is 1.77. The van der Waals surface area contributed by atoms with Crippen molar-refractivity contribution in [2.75, 3.05) is 26.2 Å². The lowest BCUT2D eigenvalue weighted by Gasteiger charge is -2.29. The molecule has 0 aliphatic carbocycles. The number of amides is 1. The van der Waals surface area contributed by atoms with E-state index in [9.17, 15) is 4.79 Å². The first-order valence-electron chi connectivity index (χ1n) is 9.99. The van der Waals surface area contributed by atoms with E-state index in [1.54, 1.807) is 4.68 Å². The van der Waals surface area contributed by atoms with E-state index < -0.39 is 0 Å². The van der Waals surface area contributed by atoms with Crippen LogP contribution in [0.1, 0.15) is 61.5 Å². The van der Waals surface area contributed by atoms with Gasteiger partial charge in [-0.05, 0) is 56.3 Å². The Bertz CT molecular complexity index is 775. The fourth-order valence-electron chi connectivity index (χ4n) is 3.58. The average Bonchev–Trinajstić information content (AvgIpc) is 3.05. The van der Waals surface area contributed by atoms with Gasteiger partial charge in [-0.3, -0.25) is 4.79 Å². The third kappa shape index (κ3) is 4.75. The molecular formula is C21H31N5O. The minimum Gasteiger partial charge on any atom is -0.348 e. The molecule has 0 unspecified atom stereocenters. The van der Waals surface area contributed by atoms with Gasteiger partial charge in [0, 0.05) is 13.1 Å². The maximum Gasteiger partial charge on any atom is 0.291 e. The number of rotatable bonds is 6. The van der Waals surface area contributed by atoms with E-state index in [1.807, 2.05) is 25.1 Å². The van der Waals surface area contributed by atoms with Gasteiger partial charge < -0.3 is 10.2 Å². The molecule has 3 rings (SSSR count). The molecule has 0 saturated carbocycles. The maximum absolute atomic E-state index is 12.5.